The standard InChI is InChI=1S/C20H20F3N5/c1-11-3-4-16(17(9-24)26-11)27-12-7-13-14-10-25-6-5-18(14)28(2)19(13)15(8-12)20(21,22)23/h3-4,7-8,14,18,25,27H,5-6,10H2,1-2H3. The minimum atomic E-state index is -4.47. The first-order valence-electron chi connectivity index (χ1n) is 9.13. The highest BCUT2D eigenvalue weighted by atomic mass is 19.4. The first-order valence-corrected chi connectivity index (χ1v) is 9.13. The summed E-state index contributed by atoms with van der Waals surface area (Å²) in [6.45, 7) is 3.21. The Morgan fingerprint density at radius 1 is 1.32 bits per heavy atom. The van der Waals surface area contributed by atoms with Crippen molar-refractivity contribution in [2.75, 3.05) is 30.4 Å². The molecule has 0 amide bonds. The van der Waals surface area contributed by atoms with E-state index < -0.39 is 11.7 Å². The summed E-state index contributed by atoms with van der Waals surface area (Å²) in [5.41, 5.74) is 1.84. The van der Waals surface area contributed by atoms with Crippen LogP contribution in [0, 0.1) is 18.3 Å². The number of hydrogen-bond donors (Lipinski definition) is 2. The van der Waals surface area contributed by atoms with Crippen LogP contribution in [0.5, 0.6) is 0 Å². The Hall–Kier alpha value is -2.79. The van der Waals surface area contributed by atoms with Crippen molar-refractivity contribution in [3.63, 3.8) is 0 Å². The summed E-state index contributed by atoms with van der Waals surface area (Å²) in [6.07, 6.45) is -3.67. The predicted molar refractivity (Wildman–Crippen MR) is 101 cm³/mol. The summed E-state index contributed by atoms with van der Waals surface area (Å²) in [5.74, 6) is 0.00294. The lowest BCUT2D eigenvalue weighted by Crippen LogP contribution is -2.42. The molecule has 1 aromatic carbocycles. The van der Waals surface area contributed by atoms with Gasteiger partial charge in [0.1, 0.15) is 6.07 Å². The molecule has 0 radical (unpaired) electrons. The zero-order valence-corrected chi connectivity index (χ0v) is 15.6. The molecular formula is C20H20F3N5. The second-order valence-electron chi connectivity index (χ2n) is 7.32. The molecule has 0 bridgehead atoms. The summed E-state index contributed by atoms with van der Waals surface area (Å²) in [4.78, 5) is 5.92. The number of nitrogens with one attached hydrogen (secondary N) is 2. The number of halogens is 3. The maximum atomic E-state index is 13.9. The van der Waals surface area contributed by atoms with Crippen molar-refractivity contribution in [3.05, 3.63) is 46.8 Å². The van der Waals surface area contributed by atoms with E-state index in [2.05, 4.69) is 15.6 Å². The van der Waals surface area contributed by atoms with E-state index in [1.165, 1.54) is 0 Å². The van der Waals surface area contributed by atoms with E-state index in [0.29, 0.717) is 29.2 Å². The number of aromatic nitrogens is 1. The van der Waals surface area contributed by atoms with Crippen molar-refractivity contribution in [2.45, 2.75) is 31.5 Å². The Morgan fingerprint density at radius 3 is 2.82 bits per heavy atom. The Labute approximate surface area is 161 Å². The predicted octanol–water partition coefficient (Wildman–Crippen LogP) is 3.92. The number of fused-ring (bicyclic) bond motifs is 3. The van der Waals surface area contributed by atoms with E-state index in [4.69, 9.17) is 0 Å². The van der Waals surface area contributed by atoms with Crippen LogP contribution in [0.1, 0.15) is 34.9 Å². The smallest absolute Gasteiger partial charge is 0.370 e. The molecule has 1 fully saturated rings. The van der Waals surface area contributed by atoms with Crippen molar-refractivity contribution in [1.29, 1.82) is 5.26 Å². The number of rotatable bonds is 2. The monoisotopic (exact) mass is 387 g/mol. The topological polar surface area (TPSA) is 64.0 Å². The molecule has 2 aliphatic rings. The molecule has 8 heteroatoms. The Kier molecular flexibility index (Phi) is 4.42. The second-order valence-corrected chi connectivity index (χ2v) is 7.32. The number of pyridine rings is 1. The van der Waals surface area contributed by atoms with Crippen molar-refractivity contribution in [2.24, 2.45) is 0 Å². The van der Waals surface area contributed by atoms with Crippen molar-refractivity contribution < 1.29 is 13.2 Å². The van der Waals surface area contributed by atoms with E-state index >= 15 is 0 Å². The van der Waals surface area contributed by atoms with E-state index in [0.717, 1.165) is 19.0 Å². The summed E-state index contributed by atoms with van der Waals surface area (Å²) in [5, 5.41) is 15.6. The summed E-state index contributed by atoms with van der Waals surface area (Å²) >= 11 is 0. The number of benzene rings is 1. The van der Waals surface area contributed by atoms with E-state index in [1.54, 1.807) is 37.1 Å². The third kappa shape index (κ3) is 3.06. The van der Waals surface area contributed by atoms with Crippen LogP contribution in [-0.4, -0.2) is 31.2 Å². The average molecular weight is 387 g/mol. The lowest BCUT2D eigenvalue weighted by atomic mass is 9.89. The lowest BCUT2D eigenvalue weighted by molar-refractivity contribution is -0.137. The van der Waals surface area contributed by atoms with Gasteiger partial charge < -0.3 is 15.5 Å². The summed E-state index contributed by atoms with van der Waals surface area (Å²) in [7, 11) is 1.74. The fraction of sp³-hybridized carbons (Fsp3) is 0.400. The van der Waals surface area contributed by atoms with Gasteiger partial charge in [-0.2, -0.15) is 18.4 Å². The van der Waals surface area contributed by atoms with Crippen LogP contribution >= 0.6 is 0 Å². The number of aryl methyl sites for hydroxylation is 1. The summed E-state index contributed by atoms with van der Waals surface area (Å²) < 4.78 is 41.6. The van der Waals surface area contributed by atoms with Gasteiger partial charge in [0, 0.05) is 36.9 Å². The third-order valence-electron chi connectivity index (χ3n) is 5.56. The van der Waals surface area contributed by atoms with Crippen LogP contribution in [0.2, 0.25) is 0 Å². The van der Waals surface area contributed by atoms with Crippen LogP contribution in [0.3, 0.4) is 0 Å². The number of nitrogens with zero attached hydrogens (tertiary/aromatic N) is 3. The van der Waals surface area contributed by atoms with Gasteiger partial charge in [-0.1, -0.05) is 0 Å². The van der Waals surface area contributed by atoms with Crippen LogP contribution in [0.25, 0.3) is 0 Å². The van der Waals surface area contributed by atoms with Gasteiger partial charge in [0.05, 0.1) is 16.9 Å². The molecule has 5 nitrogen and oxygen atoms in total. The van der Waals surface area contributed by atoms with Gasteiger partial charge in [-0.25, -0.2) is 4.98 Å². The molecule has 1 saturated heterocycles. The molecule has 0 saturated carbocycles. The van der Waals surface area contributed by atoms with E-state index in [9.17, 15) is 18.4 Å². The fourth-order valence-electron chi connectivity index (χ4n) is 4.31. The highest BCUT2D eigenvalue weighted by Gasteiger charge is 2.45. The molecule has 0 spiro atoms. The molecule has 28 heavy (non-hydrogen) atoms. The SMILES string of the molecule is Cc1ccc(Nc2cc3c(c(C(F)(F)F)c2)N(C)C2CCNCC32)c(C#N)n1. The number of hydrogen-bond acceptors (Lipinski definition) is 5. The van der Waals surface area contributed by atoms with Gasteiger partial charge in [-0.05, 0) is 49.7 Å². The van der Waals surface area contributed by atoms with E-state index in [1.807, 2.05) is 6.07 Å². The normalized spacial score (nSPS) is 21.1. The molecule has 3 heterocycles. The maximum absolute atomic E-state index is 13.9. The number of piperidine rings is 1. The first kappa shape index (κ1) is 18.6. The third-order valence-corrected chi connectivity index (χ3v) is 5.56. The van der Waals surface area contributed by atoms with Crippen LogP contribution in [-0.2, 0) is 6.18 Å². The fourth-order valence-corrected chi connectivity index (χ4v) is 4.31. The molecule has 0 aliphatic carbocycles. The number of likely N-dealkylation sites (N-methyl/N-ethyl adjacent to an activating group) is 1. The Bertz CT molecular complexity index is 964. The minimum absolute atomic E-state index is 0.00294. The molecule has 2 aromatic rings. The molecule has 146 valence electrons. The van der Waals surface area contributed by atoms with Crippen molar-refractivity contribution >= 4 is 17.1 Å². The zero-order chi connectivity index (χ0) is 20.1. The zero-order valence-electron chi connectivity index (χ0n) is 15.6. The number of nitriles is 1. The summed E-state index contributed by atoms with van der Waals surface area (Å²) in [6, 6.07) is 8.34. The highest BCUT2D eigenvalue weighted by molar-refractivity contribution is 5.75. The van der Waals surface area contributed by atoms with Gasteiger partial charge >= 0.3 is 6.18 Å². The molecule has 4 rings (SSSR count). The molecule has 1 aromatic heterocycles. The molecule has 2 unspecified atom stereocenters. The van der Waals surface area contributed by atoms with Crippen LogP contribution in [0.4, 0.5) is 30.2 Å². The van der Waals surface area contributed by atoms with Gasteiger partial charge in [0.15, 0.2) is 5.69 Å². The van der Waals surface area contributed by atoms with Crippen LogP contribution < -0.4 is 15.5 Å². The van der Waals surface area contributed by atoms with Gasteiger partial charge in [-0.15, -0.1) is 0 Å². The van der Waals surface area contributed by atoms with Gasteiger partial charge in [0.25, 0.3) is 0 Å². The molecule has 2 aliphatic heterocycles. The van der Waals surface area contributed by atoms with Gasteiger partial charge in [0.2, 0.25) is 0 Å². The van der Waals surface area contributed by atoms with Gasteiger partial charge in [-0.3, -0.25) is 0 Å². The van der Waals surface area contributed by atoms with Crippen molar-refractivity contribution in [3.8, 4) is 6.07 Å². The molecule has 2 N–H and O–H groups in total. The largest absolute Gasteiger partial charge is 0.418 e. The lowest BCUT2D eigenvalue weighted by Gasteiger charge is -2.31. The Morgan fingerprint density at radius 2 is 2.11 bits per heavy atom. The van der Waals surface area contributed by atoms with Crippen LogP contribution in [0.15, 0.2) is 24.3 Å². The highest BCUT2D eigenvalue weighted by Crippen LogP contribution is 2.50. The number of anilines is 3. The van der Waals surface area contributed by atoms with E-state index in [-0.39, 0.29) is 23.3 Å². The second kappa shape index (κ2) is 6.67. The minimum Gasteiger partial charge on any atom is -0.370 e. The Balaban J connectivity index is 1.82. The van der Waals surface area contributed by atoms with Crippen molar-refractivity contribution in [1.82, 2.24) is 10.3 Å². The molecule has 2 atom stereocenters. The first-order chi connectivity index (χ1) is 13.3. The maximum Gasteiger partial charge on any atom is 0.418 e. The average Bonchev–Trinajstić information content (AvgIpc) is 2.95. The quantitative estimate of drug-likeness (QED) is 0.818. The molecular weight excluding hydrogens is 367 g/mol. The number of alkyl halides is 3.